The van der Waals surface area contributed by atoms with Crippen LogP contribution in [0.4, 0.5) is 0 Å². The Kier molecular flexibility index (Phi) is 3.15. The van der Waals surface area contributed by atoms with Gasteiger partial charge in [0.2, 0.25) is 6.08 Å². The zero-order chi connectivity index (χ0) is 10.5. The first-order chi connectivity index (χ1) is 7.38. The zero-order valence-corrected chi connectivity index (χ0v) is 8.48. The molecule has 1 saturated carbocycles. The number of benzene rings is 1. The Bertz CT molecular complexity index is 362. The molecule has 2 rings (SSSR count). The van der Waals surface area contributed by atoms with Crippen molar-refractivity contribution in [3.05, 3.63) is 29.8 Å². The fourth-order valence-electron chi connectivity index (χ4n) is 1.31. The van der Waals surface area contributed by atoms with Crippen molar-refractivity contribution in [1.82, 2.24) is 0 Å². The fraction of sp³-hybridized carbons (Fsp3) is 0.417. The van der Waals surface area contributed by atoms with E-state index < -0.39 is 0 Å². The maximum Gasteiger partial charge on any atom is 0.235 e. The molecule has 1 aromatic carbocycles. The molecule has 0 N–H and O–H groups in total. The van der Waals surface area contributed by atoms with E-state index >= 15 is 0 Å². The van der Waals surface area contributed by atoms with E-state index in [9.17, 15) is 4.79 Å². The van der Waals surface area contributed by atoms with Gasteiger partial charge in [0.05, 0.1) is 13.2 Å². The monoisotopic (exact) mass is 203 g/mol. The molecular weight excluding hydrogens is 190 g/mol. The molecule has 0 aliphatic heterocycles. The van der Waals surface area contributed by atoms with Gasteiger partial charge in [-0.2, -0.15) is 0 Å². The summed E-state index contributed by atoms with van der Waals surface area (Å²) in [6.07, 6.45) is 4.12. The number of nitrogens with zero attached hydrogens (tertiary/aromatic N) is 1. The molecule has 15 heavy (non-hydrogen) atoms. The summed E-state index contributed by atoms with van der Waals surface area (Å²) in [7, 11) is 0. The molecule has 78 valence electrons. The van der Waals surface area contributed by atoms with Crippen LogP contribution in [0.1, 0.15) is 18.4 Å². The first kappa shape index (κ1) is 9.94. The standard InChI is InChI=1S/C12H13NO2/c14-9-13-7-10-3-5-12(6-4-10)15-8-11-1-2-11/h3-6,11H,1-2,7-8H2. The topological polar surface area (TPSA) is 38.7 Å². The highest BCUT2D eigenvalue weighted by atomic mass is 16.5. The van der Waals surface area contributed by atoms with Crippen LogP contribution >= 0.6 is 0 Å². The van der Waals surface area contributed by atoms with Crippen molar-refractivity contribution in [2.45, 2.75) is 19.4 Å². The Morgan fingerprint density at radius 2 is 2.07 bits per heavy atom. The van der Waals surface area contributed by atoms with Gasteiger partial charge in [0.25, 0.3) is 0 Å². The Morgan fingerprint density at radius 3 is 2.67 bits per heavy atom. The molecule has 1 aliphatic rings. The molecule has 0 aromatic heterocycles. The lowest BCUT2D eigenvalue weighted by Gasteiger charge is -2.04. The maximum atomic E-state index is 9.91. The summed E-state index contributed by atoms with van der Waals surface area (Å²) in [5.74, 6) is 1.66. The Balaban J connectivity index is 1.87. The minimum absolute atomic E-state index is 0.395. The van der Waals surface area contributed by atoms with Crippen LogP contribution in [-0.2, 0) is 11.3 Å². The third-order valence-electron chi connectivity index (χ3n) is 2.43. The summed E-state index contributed by atoms with van der Waals surface area (Å²) >= 11 is 0. The molecule has 0 amide bonds. The van der Waals surface area contributed by atoms with Crippen LogP contribution in [0.25, 0.3) is 0 Å². The Labute approximate surface area is 88.8 Å². The van der Waals surface area contributed by atoms with Gasteiger partial charge in [0, 0.05) is 0 Å². The Hall–Kier alpha value is -1.60. The van der Waals surface area contributed by atoms with Crippen molar-refractivity contribution in [2.75, 3.05) is 6.61 Å². The van der Waals surface area contributed by atoms with Crippen molar-refractivity contribution in [3.8, 4) is 5.75 Å². The predicted octanol–water partition coefficient (Wildman–Crippen LogP) is 2.31. The van der Waals surface area contributed by atoms with Gasteiger partial charge in [-0.25, -0.2) is 9.79 Å². The second kappa shape index (κ2) is 4.76. The van der Waals surface area contributed by atoms with Crippen molar-refractivity contribution in [1.29, 1.82) is 0 Å². The average Bonchev–Trinajstić information content (AvgIpc) is 3.09. The van der Waals surface area contributed by atoms with Gasteiger partial charge in [-0.3, -0.25) is 0 Å². The maximum absolute atomic E-state index is 9.91. The van der Waals surface area contributed by atoms with Crippen molar-refractivity contribution >= 4 is 6.08 Å². The van der Waals surface area contributed by atoms with Crippen LogP contribution in [-0.4, -0.2) is 12.7 Å². The number of aliphatic imine (C=N–C) groups is 1. The molecule has 1 aromatic rings. The van der Waals surface area contributed by atoms with Gasteiger partial charge in [-0.1, -0.05) is 12.1 Å². The summed E-state index contributed by atoms with van der Waals surface area (Å²) in [4.78, 5) is 13.4. The minimum Gasteiger partial charge on any atom is -0.493 e. The van der Waals surface area contributed by atoms with E-state index in [4.69, 9.17) is 4.74 Å². The van der Waals surface area contributed by atoms with Gasteiger partial charge >= 0.3 is 0 Å². The largest absolute Gasteiger partial charge is 0.493 e. The molecule has 0 radical (unpaired) electrons. The van der Waals surface area contributed by atoms with E-state index in [-0.39, 0.29) is 0 Å². The lowest BCUT2D eigenvalue weighted by atomic mass is 10.2. The number of hydrogen-bond acceptors (Lipinski definition) is 3. The highest BCUT2D eigenvalue weighted by Gasteiger charge is 2.21. The molecule has 0 unspecified atom stereocenters. The van der Waals surface area contributed by atoms with Gasteiger partial charge in [-0.15, -0.1) is 0 Å². The molecule has 0 bridgehead atoms. The molecule has 1 aliphatic carbocycles. The first-order valence-electron chi connectivity index (χ1n) is 5.14. The second-order valence-corrected chi connectivity index (χ2v) is 3.81. The molecule has 1 fully saturated rings. The van der Waals surface area contributed by atoms with Crippen LogP contribution < -0.4 is 4.74 Å². The normalized spacial score (nSPS) is 14.4. The van der Waals surface area contributed by atoms with Crippen molar-refractivity contribution in [2.24, 2.45) is 10.9 Å². The number of isocyanates is 1. The molecule has 3 heteroatoms. The van der Waals surface area contributed by atoms with E-state index in [0.717, 1.165) is 23.8 Å². The zero-order valence-electron chi connectivity index (χ0n) is 8.48. The molecule has 3 nitrogen and oxygen atoms in total. The third kappa shape index (κ3) is 3.22. The summed E-state index contributed by atoms with van der Waals surface area (Å²) in [6, 6.07) is 7.67. The molecular formula is C12H13NO2. The molecule has 0 atom stereocenters. The van der Waals surface area contributed by atoms with E-state index in [1.165, 1.54) is 18.9 Å². The van der Waals surface area contributed by atoms with E-state index in [0.29, 0.717) is 6.54 Å². The minimum atomic E-state index is 0.395. The van der Waals surface area contributed by atoms with Gasteiger partial charge in [-0.05, 0) is 36.5 Å². The van der Waals surface area contributed by atoms with Crippen molar-refractivity contribution < 1.29 is 9.53 Å². The average molecular weight is 203 g/mol. The lowest BCUT2D eigenvalue weighted by molar-refractivity contribution is 0.299. The van der Waals surface area contributed by atoms with Crippen LogP contribution in [0.15, 0.2) is 29.3 Å². The van der Waals surface area contributed by atoms with Crippen LogP contribution in [0.5, 0.6) is 5.75 Å². The smallest absolute Gasteiger partial charge is 0.235 e. The van der Waals surface area contributed by atoms with Gasteiger partial charge in [0.1, 0.15) is 5.75 Å². The van der Waals surface area contributed by atoms with Crippen molar-refractivity contribution in [3.63, 3.8) is 0 Å². The summed E-state index contributed by atoms with van der Waals surface area (Å²) in [5.41, 5.74) is 0.997. The number of hydrogen-bond donors (Lipinski definition) is 0. The lowest BCUT2D eigenvalue weighted by Crippen LogP contribution is -1.98. The predicted molar refractivity (Wildman–Crippen MR) is 56.5 cm³/mol. The molecule has 0 spiro atoms. The SMILES string of the molecule is O=C=NCc1ccc(OCC2CC2)cc1. The summed E-state index contributed by atoms with van der Waals surface area (Å²) < 4.78 is 5.58. The van der Waals surface area contributed by atoms with E-state index in [2.05, 4.69) is 4.99 Å². The summed E-state index contributed by atoms with van der Waals surface area (Å²) in [5, 5.41) is 0. The number of carbonyl (C=O) groups excluding carboxylic acids is 1. The van der Waals surface area contributed by atoms with E-state index in [1.807, 2.05) is 24.3 Å². The van der Waals surface area contributed by atoms with Crippen LogP contribution in [0.3, 0.4) is 0 Å². The quantitative estimate of drug-likeness (QED) is 0.544. The molecule has 0 heterocycles. The van der Waals surface area contributed by atoms with E-state index in [1.54, 1.807) is 0 Å². The fourth-order valence-corrected chi connectivity index (χ4v) is 1.31. The number of rotatable bonds is 5. The highest BCUT2D eigenvalue weighted by molar-refractivity contribution is 5.34. The molecule has 0 saturated heterocycles. The van der Waals surface area contributed by atoms with Gasteiger partial charge in [0.15, 0.2) is 0 Å². The van der Waals surface area contributed by atoms with Crippen LogP contribution in [0, 0.1) is 5.92 Å². The number of ether oxygens (including phenoxy) is 1. The third-order valence-corrected chi connectivity index (χ3v) is 2.43. The second-order valence-electron chi connectivity index (χ2n) is 3.81. The van der Waals surface area contributed by atoms with Crippen LogP contribution in [0.2, 0.25) is 0 Å². The van der Waals surface area contributed by atoms with Gasteiger partial charge < -0.3 is 4.74 Å². The first-order valence-corrected chi connectivity index (χ1v) is 5.14. The summed E-state index contributed by atoms with van der Waals surface area (Å²) in [6.45, 7) is 1.22. The highest BCUT2D eigenvalue weighted by Crippen LogP contribution is 2.29. The Morgan fingerprint density at radius 1 is 1.33 bits per heavy atom.